The maximum atomic E-state index is 14.3. The van der Waals surface area contributed by atoms with Gasteiger partial charge in [0.25, 0.3) is 0 Å². The number of rotatable bonds is 4. The average Bonchev–Trinajstić information content (AvgIpc) is 3.31. The molecule has 2 heterocycles. The van der Waals surface area contributed by atoms with Gasteiger partial charge in [0.2, 0.25) is 5.91 Å². The van der Waals surface area contributed by atoms with Gasteiger partial charge in [0.15, 0.2) is 5.82 Å². The molecule has 29 heavy (non-hydrogen) atoms. The van der Waals surface area contributed by atoms with Crippen LogP contribution in [-0.4, -0.2) is 33.9 Å². The molecule has 5 nitrogen and oxygen atoms in total. The van der Waals surface area contributed by atoms with Gasteiger partial charge in [-0.05, 0) is 48.2 Å². The largest absolute Gasteiger partial charge is 0.338 e. The summed E-state index contributed by atoms with van der Waals surface area (Å²) in [5.74, 6) is 0.422. The van der Waals surface area contributed by atoms with E-state index in [1.165, 1.54) is 18.5 Å². The number of carbonyl (C=O) groups excluding carboxylic acids is 1. The molecule has 1 saturated heterocycles. The molecule has 2 aliphatic rings. The topological polar surface area (TPSA) is 58.1 Å². The third-order valence-electron chi connectivity index (χ3n) is 6.05. The molecule has 5 rings (SSSR count). The van der Waals surface area contributed by atoms with E-state index in [4.69, 9.17) is 11.6 Å². The number of amides is 1. The summed E-state index contributed by atoms with van der Waals surface area (Å²) < 4.78 is 14.3. The van der Waals surface area contributed by atoms with Crippen molar-refractivity contribution in [2.75, 3.05) is 18.4 Å². The maximum absolute atomic E-state index is 14.3. The number of piperidine rings is 1. The lowest BCUT2D eigenvalue weighted by Crippen LogP contribution is -2.31. The summed E-state index contributed by atoms with van der Waals surface area (Å²) in [4.78, 5) is 22.5. The van der Waals surface area contributed by atoms with E-state index in [2.05, 4.69) is 34.0 Å². The average molecular weight is 409 g/mol. The standard InChI is InChI=1S/C22H18ClFN4O/c1-2-19(29)28-10-14-9-22(14,11-28)13-6-7-17-15(8-13)21(26-12-25-17)27-18-5-3-4-16(23)20(18)24/h2-8,12,14H,1,9-11H2,(H,25,26,27)/t14-,22+/m0/s1. The minimum atomic E-state index is -0.521. The van der Waals surface area contributed by atoms with Crippen LogP contribution in [0.3, 0.4) is 0 Å². The second kappa shape index (κ2) is 6.52. The normalized spacial score (nSPS) is 22.4. The van der Waals surface area contributed by atoms with Crippen LogP contribution in [0.25, 0.3) is 10.9 Å². The smallest absolute Gasteiger partial charge is 0.245 e. The third-order valence-corrected chi connectivity index (χ3v) is 6.34. The highest BCUT2D eigenvalue weighted by molar-refractivity contribution is 6.31. The Morgan fingerprint density at radius 2 is 2.21 bits per heavy atom. The molecule has 0 bridgehead atoms. The molecule has 1 saturated carbocycles. The summed E-state index contributed by atoms with van der Waals surface area (Å²) in [5.41, 5.74) is 2.15. The third kappa shape index (κ3) is 2.86. The summed E-state index contributed by atoms with van der Waals surface area (Å²) in [7, 11) is 0. The monoisotopic (exact) mass is 408 g/mol. The van der Waals surface area contributed by atoms with Crippen LogP contribution >= 0.6 is 11.6 Å². The highest BCUT2D eigenvalue weighted by atomic mass is 35.5. The van der Waals surface area contributed by atoms with E-state index in [-0.39, 0.29) is 22.0 Å². The molecule has 0 unspecified atom stereocenters. The van der Waals surface area contributed by atoms with Crippen LogP contribution < -0.4 is 5.32 Å². The fourth-order valence-corrected chi connectivity index (χ4v) is 4.60. The maximum Gasteiger partial charge on any atom is 0.245 e. The number of hydrogen-bond acceptors (Lipinski definition) is 4. The summed E-state index contributed by atoms with van der Waals surface area (Å²) >= 11 is 5.90. The van der Waals surface area contributed by atoms with E-state index in [0.29, 0.717) is 18.3 Å². The van der Waals surface area contributed by atoms with E-state index >= 15 is 0 Å². The zero-order valence-electron chi connectivity index (χ0n) is 15.5. The fourth-order valence-electron chi connectivity index (χ4n) is 4.42. The van der Waals surface area contributed by atoms with Gasteiger partial charge in [0.05, 0.1) is 16.2 Å². The van der Waals surface area contributed by atoms with Crippen LogP contribution in [0.2, 0.25) is 5.02 Å². The van der Waals surface area contributed by atoms with Gasteiger partial charge in [-0.25, -0.2) is 14.4 Å². The lowest BCUT2D eigenvalue weighted by molar-refractivity contribution is -0.125. The molecule has 1 amide bonds. The van der Waals surface area contributed by atoms with Crippen LogP contribution in [0.5, 0.6) is 0 Å². The zero-order chi connectivity index (χ0) is 20.2. The summed E-state index contributed by atoms with van der Waals surface area (Å²) in [6.07, 6.45) is 3.87. The first-order valence-electron chi connectivity index (χ1n) is 9.39. The summed E-state index contributed by atoms with van der Waals surface area (Å²) in [5, 5.41) is 3.90. The number of benzene rings is 2. The minimum Gasteiger partial charge on any atom is -0.338 e. The molecule has 0 spiro atoms. The van der Waals surface area contributed by atoms with Crippen molar-refractivity contribution in [2.45, 2.75) is 11.8 Å². The molecule has 146 valence electrons. The number of aromatic nitrogens is 2. The van der Waals surface area contributed by atoms with Crippen molar-refractivity contribution in [3.8, 4) is 0 Å². The van der Waals surface area contributed by atoms with Gasteiger partial charge in [-0.2, -0.15) is 0 Å². The van der Waals surface area contributed by atoms with Gasteiger partial charge >= 0.3 is 0 Å². The molecular weight excluding hydrogens is 391 g/mol. The van der Waals surface area contributed by atoms with Crippen molar-refractivity contribution in [1.82, 2.24) is 14.9 Å². The highest BCUT2D eigenvalue weighted by Crippen LogP contribution is 2.59. The fraction of sp³-hybridized carbons (Fsp3) is 0.227. The number of carbonyl (C=O) groups is 1. The van der Waals surface area contributed by atoms with Crippen LogP contribution in [0.15, 0.2) is 55.4 Å². The number of anilines is 2. The molecule has 1 aromatic heterocycles. The Morgan fingerprint density at radius 1 is 1.34 bits per heavy atom. The number of fused-ring (bicyclic) bond motifs is 2. The molecule has 3 aromatic rings. The second-order valence-corrected chi connectivity index (χ2v) is 8.07. The van der Waals surface area contributed by atoms with Gasteiger partial charge < -0.3 is 10.2 Å². The summed E-state index contributed by atoms with van der Waals surface area (Å²) in [6, 6.07) is 10.9. The SMILES string of the molecule is C=CC(=O)N1C[C@@H]2C[C@]2(c2ccc3ncnc(Nc4cccc(Cl)c4F)c3c2)C1. The van der Waals surface area contributed by atoms with Crippen LogP contribution in [0.1, 0.15) is 12.0 Å². The Labute approximate surface area is 172 Å². The second-order valence-electron chi connectivity index (χ2n) is 7.66. The van der Waals surface area contributed by atoms with Crippen LogP contribution in [0.4, 0.5) is 15.9 Å². The molecule has 2 fully saturated rings. The van der Waals surface area contributed by atoms with Crippen LogP contribution in [0, 0.1) is 11.7 Å². The number of nitrogens with zero attached hydrogens (tertiary/aromatic N) is 3. The molecule has 1 N–H and O–H groups in total. The van der Waals surface area contributed by atoms with Crippen molar-refractivity contribution in [3.05, 3.63) is 71.8 Å². The molecule has 7 heteroatoms. The number of nitrogens with one attached hydrogen (secondary N) is 1. The molecule has 1 aliphatic carbocycles. The van der Waals surface area contributed by atoms with Gasteiger partial charge in [0.1, 0.15) is 12.1 Å². The first-order valence-corrected chi connectivity index (χ1v) is 9.77. The first kappa shape index (κ1) is 18.1. The van der Waals surface area contributed by atoms with Crippen molar-refractivity contribution in [1.29, 1.82) is 0 Å². The molecular formula is C22H18ClFN4O. The first-order chi connectivity index (χ1) is 14.0. The number of halogens is 2. The highest BCUT2D eigenvalue weighted by Gasteiger charge is 2.61. The van der Waals surface area contributed by atoms with Crippen molar-refractivity contribution in [2.24, 2.45) is 5.92 Å². The van der Waals surface area contributed by atoms with E-state index in [1.54, 1.807) is 12.1 Å². The van der Waals surface area contributed by atoms with Crippen LogP contribution in [-0.2, 0) is 10.2 Å². The lowest BCUT2D eigenvalue weighted by Gasteiger charge is -2.20. The van der Waals surface area contributed by atoms with E-state index in [9.17, 15) is 9.18 Å². The molecule has 2 atom stereocenters. The van der Waals surface area contributed by atoms with E-state index in [0.717, 1.165) is 29.4 Å². The van der Waals surface area contributed by atoms with Gasteiger partial charge in [0, 0.05) is 23.9 Å². The van der Waals surface area contributed by atoms with Crippen molar-refractivity contribution >= 4 is 39.9 Å². The van der Waals surface area contributed by atoms with E-state index < -0.39 is 5.82 Å². The predicted octanol–water partition coefficient (Wildman–Crippen LogP) is 4.45. The van der Waals surface area contributed by atoms with Gasteiger partial charge in [-0.15, -0.1) is 0 Å². The van der Waals surface area contributed by atoms with Gasteiger partial charge in [-0.3, -0.25) is 4.79 Å². The Bertz CT molecular complexity index is 1170. The zero-order valence-corrected chi connectivity index (χ0v) is 16.3. The Morgan fingerprint density at radius 3 is 3.03 bits per heavy atom. The van der Waals surface area contributed by atoms with Crippen molar-refractivity contribution in [3.63, 3.8) is 0 Å². The molecule has 1 aliphatic heterocycles. The van der Waals surface area contributed by atoms with Gasteiger partial charge in [-0.1, -0.05) is 30.3 Å². The summed E-state index contributed by atoms with van der Waals surface area (Å²) in [6.45, 7) is 5.04. The minimum absolute atomic E-state index is 0.0265. The molecule has 0 radical (unpaired) electrons. The van der Waals surface area contributed by atoms with E-state index in [1.807, 2.05) is 11.0 Å². The lowest BCUT2D eigenvalue weighted by atomic mass is 9.93. The van der Waals surface area contributed by atoms with Crippen molar-refractivity contribution < 1.29 is 9.18 Å². The quantitative estimate of drug-likeness (QED) is 0.648. The number of hydrogen-bond donors (Lipinski definition) is 1. The predicted molar refractivity (Wildman–Crippen MR) is 111 cm³/mol. The Hall–Kier alpha value is -2.99. The Kier molecular flexibility index (Phi) is 4.06. The molecule has 2 aromatic carbocycles. The number of likely N-dealkylation sites (tertiary alicyclic amines) is 1. The Balaban J connectivity index is 1.53.